The number of anilines is 1. The zero-order valence-electron chi connectivity index (χ0n) is 17.8. The summed E-state index contributed by atoms with van der Waals surface area (Å²) >= 11 is 0. The lowest BCUT2D eigenvalue weighted by Gasteiger charge is -2.41. The van der Waals surface area contributed by atoms with Crippen LogP contribution in [0.2, 0.25) is 0 Å². The van der Waals surface area contributed by atoms with Gasteiger partial charge in [-0.1, -0.05) is 20.8 Å². The van der Waals surface area contributed by atoms with Gasteiger partial charge in [0.15, 0.2) is 0 Å². The minimum Gasteiger partial charge on any atom is -0.336 e. The molecule has 3 rings (SSSR count). The van der Waals surface area contributed by atoms with E-state index >= 15 is 0 Å². The Balaban J connectivity index is 1.65. The Hall–Kier alpha value is -1.88. The summed E-state index contributed by atoms with van der Waals surface area (Å²) in [5.41, 5.74) is 1.19. The van der Waals surface area contributed by atoms with E-state index in [2.05, 4.69) is 38.0 Å². The number of hydrogen-bond acceptors (Lipinski definition) is 3. The van der Waals surface area contributed by atoms with Crippen molar-refractivity contribution in [3.8, 4) is 0 Å². The fourth-order valence-electron chi connectivity index (χ4n) is 4.49. The van der Waals surface area contributed by atoms with Crippen molar-refractivity contribution in [2.24, 2.45) is 17.3 Å². The number of rotatable bonds is 4. The van der Waals surface area contributed by atoms with Crippen LogP contribution in [0, 0.1) is 17.3 Å². The highest BCUT2D eigenvalue weighted by Crippen LogP contribution is 2.45. The first kappa shape index (κ1) is 20.8. The normalized spacial score (nSPS) is 26.3. The van der Waals surface area contributed by atoms with E-state index in [4.69, 9.17) is 0 Å². The molecule has 1 aromatic carbocycles. The quantitative estimate of drug-likeness (QED) is 0.856. The first-order chi connectivity index (χ1) is 13.3. The Morgan fingerprint density at radius 1 is 1.04 bits per heavy atom. The molecule has 1 saturated carbocycles. The van der Waals surface area contributed by atoms with Gasteiger partial charge in [-0.15, -0.1) is 0 Å². The summed E-state index contributed by atoms with van der Waals surface area (Å²) in [5.74, 6) is 1.23. The van der Waals surface area contributed by atoms with Crippen LogP contribution >= 0.6 is 0 Å². The van der Waals surface area contributed by atoms with Crippen LogP contribution in [0.4, 0.5) is 5.69 Å². The molecule has 0 spiro atoms. The molecule has 2 amide bonds. The topological polar surface area (TPSA) is 52.7 Å². The Labute approximate surface area is 169 Å². The third kappa shape index (κ3) is 4.40. The molecule has 1 heterocycles. The second-order valence-corrected chi connectivity index (χ2v) is 9.12. The van der Waals surface area contributed by atoms with Gasteiger partial charge in [-0.05, 0) is 68.8 Å². The van der Waals surface area contributed by atoms with Gasteiger partial charge in [-0.25, -0.2) is 0 Å². The van der Waals surface area contributed by atoms with Crippen LogP contribution in [-0.2, 0) is 4.79 Å². The van der Waals surface area contributed by atoms with Crippen LogP contribution < -0.4 is 5.32 Å². The Morgan fingerprint density at radius 2 is 1.61 bits per heavy atom. The number of piperazine rings is 1. The highest BCUT2D eigenvalue weighted by atomic mass is 16.2. The van der Waals surface area contributed by atoms with Crippen LogP contribution in [-0.4, -0.2) is 54.8 Å². The number of amides is 2. The molecule has 154 valence electrons. The van der Waals surface area contributed by atoms with Gasteiger partial charge in [0.25, 0.3) is 5.91 Å². The largest absolute Gasteiger partial charge is 0.336 e. The highest BCUT2D eigenvalue weighted by molar-refractivity contribution is 5.97. The second-order valence-electron chi connectivity index (χ2n) is 9.12. The first-order valence-electron chi connectivity index (χ1n) is 10.7. The smallest absolute Gasteiger partial charge is 0.253 e. The molecule has 2 fully saturated rings. The van der Waals surface area contributed by atoms with Crippen molar-refractivity contribution >= 4 is 17.5 Å². The van der Waals surface area contributed by atoms with Crippen molar-refractivity contribution in [1.82, 2.24) is 9.80 Å². The van der Waals surface area contributed by atoms with Crippen molar-refractivity contribution in [2.75, 3.05) is 38.5 Å². The minimum atomic E-state index is -0.277. The molecule has 0 bridgehead atoms. The third-order valence-electron chi connectivity index (χ3n) is 6.90. The van der Waals surface area contributed by atoms with Crippen LogP contribution in [0.15, 0.2) is 24.3 Å². The van der Waals surface area contributed by atoms with Gasteiger partial charge < -0.3 is 15.1 Å². The van der Waals surface area contributed by atoms with Crippen molar-refractivity contribution in [3.63, 3.8) is 0 Å². The van der Waals surface area contributed by atoms with E-state index < -0.39 is 0 Å². The number of likely N-dealkylation sites (N-methyl/N-ethyl adjacent to an activating group) is 1. The lowest BCUT2D eigenvalue weighted by atomic mass is 9.64. The number of carbonyl (C=O) groups is 2. The van der Waals surface area contributed by atoms with E-state index in [0.717, 1.165) is 57.5 Å². The number of carbonyl (C=O) groups excluding carboxylic acids is 2. The van der Waals surface area contributed by atoms with Crippen LogP contribution in [0.5, 0.6) is 0 Å². The average molecular weight is 386 g/mol. The second kappa shape index (κ2) is 8.64. The summed E-state index contributed by atoms with van der Waals surface area (Å²) < 4.78 is 0. The SMILES string of the molecule is CC1CCC(C(=O)Nc2ccc(C(=O)N3CCN(C)CC3)cc2)(C(C)C)CC1. The summed E-state index contributed by atoms with van der Waals surface area (Å²) in [6, 6.07) is 7.39. The van der Waals surface area contributed by atoms with Crippen molar-refractivity contribution in [2.45, 2.75) is 46.5 Å². The molecule has 5 nitrogen and oxygen atoms in total. The van der Waals surface area contributed by atoms with E-state index in [1.54, 1.807) is 0 Å². The molecule has 0 unspecified atom stereocenters. The van der Waals surface area contributed by atoms with Crippen LogP contribution in [0.1, 0.15) is 56.8 Å². The van der Waals surface area contributed by atoms with Crippen molar-refractivity contribution in [1.29, 1.82) is 0 Å². The monoisotopic (exact) mass is 385 g/mol. The summed E-state index contributed by atoms with van der Waals surface area (Å²) in [4.78, 5) is 30.0. The molecular formula is C23H35N3O2. The Morgan fingerprint density at radius 3 is 2.14 bits per heavy atom. The average Bonchev–Trinajstić information content (AvgIpc) is 2.69. The molecule has 0 radical (unpaired) electrons. The van der Waals surface area contributed by atoms with E-state index in [9.17, 15) is 9.59 Å². The zero-order chi connectivity index (χ0) is 20.3. The maximum Gasteiger partial charge on any atom is 0.253 e. The van der Waals surface area contributed by atoms with Gasteiger partial charge in [0.2, 0.25) is 5.91 Å². The summed E-state index contributed by atoms with van der Waals surface area (Å²) in [7, 11) is 2.08. The van der Waals surface area contributed by atoms with E-state index in [-0.39, 0.29) is 17.2 Å². The summed E-state index contributed by atoms with van der Waals surface area (Å²) in [5, 5.41) is 3.13. The fourth-order valence-corrected chi connectivity index (χ4v) is 4.49. The van der Waals surface area contributed by atoms with Gasteiger partial charge in [0.1, 0.15) is 0 Å². The minimum absolute atomic E-state index is 0.0749. The number of nitrogens with zero attached hydrogens (tertiary/aromatic N) is 2. The number of hydrogen-bond donors (Lipinski definition) is 1. The predicted molar refractivity (Wildman–Crippen MR) is 113 cm³/mol. The maximum atomic E-state index is 13.1. The van der Waals surface area contributed by atoms with Gasteiger partial charge in [-0.2, -0.15) is 0 Å². The molecule has 0 atom stereocenters. The molecule has 1 aliphatic carbocycles. The van der Waals surface area contributed by atoms with E-state index in [1.807, 2.05) is 29.2 Å². The van der Waals surface area contributed by atoms with E-state index in [1.165, 1.54) is 0 Å². The zero-order valence-corrected chi connectivity index (χ0v) is 17.8. The van der Waals surface area contributed by atoms with Gasteiger partial charge >= 0.3 is 0 Å². The lowest BCUT2D eigenvalue weighted by Crippen LogP contribution is -2.47. The molecule has 5 heteroatoms. The van der Waals surface area contributed by atoms with Crippen molar-refractivity contribution < 1.29 is 9.59 Å². The molecule has 1 saturated heterocycles. The fraction of sp³-hybridized carbons (Fsp3) is 0.652. The van der Waals surface area contributed by atoms with E-state index in [0.29, 0.717) is 17.4 Å². The maximum absolute atomic E-state index is 13.1. The molecule has 28 heavy (non-hydrogen) atoms. The summed E-state index contributed by atoms with van der Waals surface area (Å²) in [6.45, 7) is 9.96. The third-order valence-corrected chi connectivity index (χ3v) is 6.90. The standard InChI is InChI=1S/C23H35N3O2/c1-17(2)23(11-9-18(3)10-12-23)22(28)24-20-7-5-19(6-8-20)21(27)26-15-13-25(4)14-16-26/h5-8,17-18H,9-16H2,1-4H3,(H,24,28). The van der Waals surface area contributed by atoms with Gasteiger partial charge in [0.05, 0.1) is 5.41 Å². The summed E-state index contributed by atoms with van der Waals surface area (Å²) in [6.07, 6.45) is 4.14. The predicted octanol–water partition coefficient (Wildman–Crippen LogP) is 3.87. The first-order valence-corrected chi connectivity index (χ1v) is 10.7. The lowest BCUT2D eigenvalue weighted by molar-refractivity contribution is -0.130. The van der Waals surface area contributed by atoms with Crippen LogP contribution in [0.25, 0.3) is 0 Å². The number of benzene rings is 1. The van der Waals surface area contributed by atoms with Gasteiger partial charge in [-0.3, -0.25) is 9.59 Å². The molecule has 1 aromatic rings. The molecule has 2 aliphatic rings. The molecule has 1 N–H and O–H groups in total. The Kier molecular flexibility index (Phi) is 6.43. The molecule has 1 aliphatic heterocycles. The van der Waals surface area contributed by atoms with Gasteiger partial charge in [0, 0.05) is 37.4 Å². The molecular weight excluding hydrogens is 350 g/mol. The Bertz CT molecular complexity index is 682. The van der Waals surface area contributed by atoms with Crippen LogP contribution in [0.3, 0.4) is 0 Å². The number of nitrogens with one attached hydrogen (secondary N) is 1. The van der Waals surface area contributed by atoms with Crippen molar-refractivity contribution in [3.05, 3.63) is 29.8 Å². The molecule has 0 aromatic heterocycles. The highest BCUT2D eigenvalue weighted by Gasteiger charge is 2.43.